The highest BCUT2D eigenvalue weighted by Gasteiger charge is 2.12. The third-order valence-electron chi connectivity index (χ3n) is 3.70. The molecule has 1 amide bonds. The fraction of sp³-hybridized carbons (Fsp3) is 0.500. The van der Waals surface area contributed by atoms with Gasteiger partial charge < -0.3 is 9.88 Å². The number of carbonyl (C=O) groups is 1. The van der Waals surface area contributed by atoms with Crippen molar-refractivity contribution in [1.82, 2.24) is 20.1 Å². The lowest BCUT2D eigenvalue weighted by Crippen LogP contribution is -2.26. The molecular formula is C18H26N4OS. The van der Waals surface area contributed by atoms with Gasteiger partial charge in [-0.2, -0.15) is 0 Å². The summed E-state index contributed by atoms with van der Waals surface area (Å²) >= 11 is 1.44. The number of nitrogens with one attached hydrogen (secondary N) is 1. The van der Waals surface area contributed by atoms with E-state index in [0.29, 0.717) is 11.7 Å². The van der Waals surface area contributed by atoms with Crippen molar-refractivity contribution in [2.24, 2.45) is 5.92 Å². The summed E-state index contributed by atoms with van der Waals surface area (Å²) in [5.74, 6) is 1.96. The van der Waals surface area contributed by atoms with Crippen LogP contribution in [0.2, 0.25) is 0 Å². The van der Waals surface area contributed by atoms with Crippen LogP contribution in [0.15, 0.2) is 35.5 Å². The van der Waals surface area contributed by atoms with Crippen molar-refractivity contribution in [1.29, 1.82) is 0 Å². The maximum atomic E-state index is 11.9. The first kappa shape index (κ1) is 18.5. The summed E-state index contributed by atoms with van der Waals surface area (Å²) in [6, 6.07) is 10.2. The summed E-state index contributed by atoms with van der Waals surface area (Å²) in [7, 11) is 0. The van der Waals surface area contributed by atoms with Gasteiger partial charge in [0.2, 0.25) is 5.91 Å². The molecule has 0 spiro atoms. The largest absolute Gasteiger partial charge is 0.355 e. The molecule has 0 bridgehead atoms. The van der Waals surface area contributed by atoms with Crippen molar-refractivity contribution < 1.29 is 4.79 Å². The predicted molar refractivity (Wildman–Crippen MR) is 98.1 cm³/mol. The highest BCUT2D eigenvalue weighted by Crippen LogP contribution is 2.18. The maximum Gasteiger partial charge on any atom is 0.230 e. The lowest BCUT2D eigenvalue weighted by atomic mass is 10.1. The van der Waals surface area contributed by atoms with E-state index in [1.165, 1.54) is 17.3 Å². The molecular weight excluding hydrogens is 320 g/mol. The SMILES string of the molecule is Cc1nnc(SCC(=O)NCCCC(C)C)n1Cc1ccccc1. The summed E-state index contributed by atoms with van der Waals surface area (Å²) in [6.07, 6.45) is 2.16. The molecule has 0 aliphatic carbocycles. The maximum absolute atomic E-state index is 11.9. The third-order valence-corrected chi connectivity index (χ3v) is 4.66. The van der Waals surface area contributed by atoms with Gasteiger partial charge in [0.05, 0.1) is 12.3 Å². The Kier molecular flexibility index (Phi) is 7.31. The second-order valence-electron chi connectivity index (χ2n) is 6.28. The first-order valence-electron chi connectivity index (χ1n) is 8.39. The molecule has 1 N–H and O–H groups in total. The molecule has 0 saturated heterocycles. The zero-order valence-electron chi connectivity index (χ0n) is 14.7. The molecule has 0 atom stereocenters. The number of aryl methyl sites for hydroxylation is 1. The third kappa shape index (κ3) is 6.00. The van der Waals surface area contributed by atoms with Gasteiger partial charge in [-0.05, 0) is 31.2 Å². The highest BCUT2D eigenvalue weighted by molar-refractivity contribution is 7.99. The zero-order valence-corrected chi connectivity index (χ0v) is 15.5. The predicted octanol–water partition coefficient (Wildman–Crippen LogP) is 3.28. The standard InChI is InChI=1S/C18H26N4OS/c1-14(2)8-7-11-19-17(23)13-24-18-21-20-15(3)22(18)12-16-9-5-4-6-10-16/h4-6,9-10,14H,7-8,11-13H2,1-3H3,(H,19,23). The molecule has 0 aliphatic heterocycles. The van der Waals surface area contributed by atoms with Gasteiger partial charge in [-0.15, -0.1) is 10.2 Å². The molecule has 130 valence electrons. The summed E-state index contributed by atoms with van der Waals surface area (Å²) < 4.78 is 2.05. The monoisotopic (exact) mass is 346 g/mol. The number of hydrogen-bond acceptors (Lipinski definition) is 4. The average molecular weight is 347 g/mol. The van der Waals surface area contributed by atoms with Crippen LogP contribution in [0.1, 0.15) is 38.1 Å². The Labute approximate surface area is 148 Å². The molecule has 0 saturated carbocycles. The summed E-state index contributed by atoms with van der Waals surface area (Å²) in [5, 5.41) is 12.1. The summed E-state index contributed by atoms with van der Waals surface area (Å²) in [6.45, 7) is 7.79. The number of benzene rings is 1. The van der Waals surface area contributed by atoms with E-state index in [4.69, 9.17) is 0 Å². The van der Waals surface area contributed by atoms with E-state index >= 15 is 0 Å². The first-order chi connectivity index (χ1) is 11.6. The van der Waals surface area contributed by atoms with Crippen molar-refractivity contribution in [2.75, 3.05) is 12.3 Å². The van der Waals surface area contributed by atoms with Crippen LogP contribution in [0.25, 0.3) is 0 Å². The number of amides is 1. The van der Waals surface area contributed by atoms with Crippen LogP contribution in [-0.2, 0) is 11.3 Å². The van der Waals surface area contributed by atoms with E-state index in [9.17, 15) is 4.79 Å². The topological polar surface area (TPSA) is 59.8 Å². The Morgan fingerprint density at radius 3 is 2.71 bits per heavy atom. The number of thioether (sulfide) groups is 1. The Hall–Kier alpha value is -1.82. The first-order valence-corrected chi connectivity index (χ1v) is 9.38. The molecule has 1 heterocycles. The van der Waals surface area contributed by atoms with E-state index in [1.807, 2.05) is 29.7 Å². The van der Waals surface area contributed by atoms with Gasteiger partial charge in [0.25, 0.3) is 0 Å². The van der Waals surface area contributed by atoms with Gasteiger partial charge in [0, 0.05) is 6.54 Å². The van der Waals surface area contributed by atoms with Gasteiger partial charge in [-0.1, -0.05) is 55.9 Å². The van der Waals surface area contributed by atoms with E-state index in [0.717, 1.165) is 36.9 Å². The van der Waals surface area contributed by atoms with Gasteiger partial charge in [0.15, 0.2) is 5.16 Å². The molecule has 1 aromatic heterocycles. The minimum absolute atomic E-state index is 0.0515. The van der Waals surface area contributed by atoms with Crippen LogP contribution < -0.4 is 5.32 Å². The Bertz CT molecular complexity index is 640. The highest BCUT2D eigenvalue weighted by atomic mass is 32.2. The quantitative estimate of drug-likeness (QED) is 0.559. The molecule has 0 fully saturated rings. The average Bonchev–Trinajstić information content (AvgIpc) is 2.91. The minimum atomic E-state index is 0.0515. The van der Waals surface area contributed by atoms with Crippen molar-refractivity contribution >= 4 is 17.7 Å². The molecule has 2 aromatic rings. The molecule has 0 radical (unpaired) electrons. The molecule has 6 heteroatoms. The molecule has 2 rings (SSSR count). The Morgan fingerprint density at radius 1 is 1.25 bits per heavy atom. The van der Waals surface area contributed by atoms with E-state index in [-0.39, 0.29) is 5.91 Å². The van der Waals surface area contributed by atoms with Crippen molar-refractivity contribution in [3.63, 3.8) is 0 Å². The molecule has 0 unspecified atom stereocenters. The van der Waals surface area contributed by atoms with Gasteiger partial charge in [0.1, 0.15) is 5.82 Å². The minimum Gasteiger partial charge on any atom is -0.355 e. The van der Waals surface area contributed by atoms with Crippen LogP contribution in [-0.4, -0.2) is 33.0 Å². The normalized spacial score (nSPS) is 11.0. The van der Waals surface area contributed by atoms with Crippen LogP contribution in [0.3, 0.4) is 0 Å². The molecule has 0 aliphatic rings. The second kappa shape index (κ2) is 9.47. The molecule has 24 heavy (non-hydrogen) atoms. The van der Waals surface area contributed by atoms with E-state index < -0.39 is 0 Å². The Morgan fingerprint density at radius 2 is 2.00 bits per heavy atom. The van der Waals surface area contributed by atoms with Crippen LogP contribution in [0.5, 0.6) is 0 Å². The zero-order chi connectivity index (χ0) is 17.4. The summed E-state index contributed by atoms with van der Waals surface area (Å²) in [4.78, 5) is 11.9. The lowest BCUT2D eigenvalue weighted by Gasteiger charge is -2.09. The van der Waals surface area contributed by atoms with Crippen molar-refractivity contribution in [3.8, 4) is 0 Å². The molecule has 5 nitrogen and oxygen atoms in total. The van der Waals surface area contributed by atoms with Crippen molar-refractivity contribution in [3.05, 3.63) is 41.7 Å². The fourth-order valence-corrected chi connectivity index (χ4v) is 3.15. The number of aromatic nitrogens is 3. The number of carbonyl (C=O) groups excluding carboxylic acids is 1. The van der Waals surface area contributed by atoms with Gasteiger partial charge in [-0.3, -0.25) is 4.79 Å². The number of hydrogen-bond donors (Lipinski definition) is 1. The fourth-order valence-electron chi connectivity index (χ4n) is 2.34. The number of nitrogens with zero attached hydrogens (tertiary/aromatic N) is 3. The Balaban J connectivity index is 1.83. The van der Waals surface area contributed by atoms with Crippen molar-refractivity contribution in [2.45, 2.75) is 45.3 Å². The van der Waals surface area contributed by atoms with E-state index in [2.05, 4.69) is 41.5 Å². The van der Waals surface area contributed by atoms with Gasteiger partial charge in [-0.25, -0.2) is 0 Å². The second-order valence-corrected chi connectivity index (χ2v) is 7.22. The van der Waals surface area contributed by atoms with E-state index in [1.54, 1.807) is 0 Å². The smallest absolute Gasteiger partial charge is 0.230 e. The van der Waals surface area contributed by atoms with Crippen LogP contribution >= 0.6 is 11.8 Å². The van der Waals surface area contributed by atoms with Crippen LogP contribution in [0, 0.1) is 12.8 Å². The molecule has 1 aromatic carbocycles. The summed E-state index contributed by atoms with van der Waals surface area (Å²) in [5.41, 5.74) is 1.19. The number of rotatable bonds is 9. The van der Waals surface area contributed by atoms with Crippen LogP contribution in [0.4, 0.5) is 0 Å². The lowest BCUT2D eigenvalue weighted by molar-refractivity contribution is -0.118. The van der Waals surface area contributed by atoms with Gasteiger partial charge >= 0.3 is 0 Å².